The van der Waals surface area contributed by atoms with Crippen LogP contribution in [0, 0.1) is 6.92 Å². The third-order valence-corrected chi connectivity index (χ3v) is 2.48. The lowest BCUT2D eigenvalue weighted by Crippen LogP contribution is -2.12. The standard InChI is InChI=1S/C14H14N2O2/c1-10-6-7-13(15-9-10)16-14(17)11-4-3-5-12(8-11)18-2/h3-9H,1-2H3,(H,15,16,17). The number of anilines is 1. The largest absolute Gasteiger partial charge is 0.497 e. The molecule has 1 amide bonds. The van der Waals surface area contributed by atoms with E-state index >= 15 is 0 Å². The highest BCUT2D eigenvalue weighted by molar-refractivity contribution is 6.03. The van der Waals surface area contributed by atoms with Gasteiger partial charge in [-0.3, -0.25) is 4.79 Å². The maximum Gasteiger partial charge on any atom is 0.256 e. The van der Waals surface area contributed by atoms with Crippen LogP contribution in [0.25, 0.3) is 0 Å². The predicted molar refractivity (Wildman–Crippen MR) is 69.9 cm³/mol. The molecule has 0 radical (unpaired) electrons. The minimum absolute atomic E-state index is 0.203. The van der Waals surface area contributed by atoms with Gasteiger partial charge in [-0.1, -0.05) is 12.1 Å². The quantitative estimate of drug-likeness (QED) is 0.900. The Hall–Kier alpha value is -2.36. The molecule has 18 heavy (non-hydrogen) atoms. The molecule has 2 aromatic rings. The van der Waals surface area contributed by atoms with Gasteiger partial charge in [0, 0.05) is 11.8 Å². The van der Waals surface area contributed by atoms with E-state index in [9.17, 15) is 4.79 Å². The van der Waals surface area contributed by atoms with Crippen LogP contribution in [0.15, 0.2) is 42.6 Å². The Labute approximate surface area is 106 Å². The molecule has 1 N–H and O–H groups in total. The summed E-state index contributed by atoms with van der Waals surface area (Å²) in [6.45, 7) is 1.95. The van der Waals surface area contributed by atoms with E-state index in [0.29, 0.717) is 17.1 Å². The Kier molecular flexibility index (Phi) is 3.57. The van der Waals surface area contributed by atoms with Crippen molar-refractivity contribution in [1.29, 1.82) is 0 Å². The first-order chi connectivity index (χ1) is 8.69. The number of nitrogens with one attached hydrogen (secondary N) is 1. The number of rotatable bonds is 3. The van der Waals surface area contributed by atoms with E-state index in [2.05, 4.69) is 10.3 Å². The summed E-state index contributed by atoms with van der Waals surface area (Å²) in [6.07, 6.45) is 1.71. The molecular formula is C14H14N2O2. The first-order valence-electron chi connectivity index (χ1n) is 5.57. The van der Waals surface area contributed by atoms with Gasteiger partial charge in [0.15, 0.2) is 0 Å². The van der Waals surface area contributed by atoms with Gasteiger partial charge in [0.05, 0.1) is 7.11 Å². The molecule has 0 bridgehead atoms. The molecule has 0 aliphatic carbocycles. The molecule has 1 aromatic carbocycles. The van der Waals surface area contributed by atoms with Crippen LogP contribution in [-0.2, 0) is 0 Å². The predicted octanol–water partition coefficient (Wildman–Crippen LogP) is 2.65. The number of aromatic nitrogens is 1. The fourth-order valence-corrected chi connectivity index (χ4v) is 1.49. The van der Waals surface area contributed by atoms with E-state index in [0.717, 1.165) is 5.56 Å². The van der Waals surface area contributed by atoms with Crippen molar-refractivity contribution >= 4 is 11.7 Å². The van der Waals surface area contributed by atoms with Gasteiger partial charge in [-0.25, -0.2) is 4.98 Å². The molecule has 0 saturated carbocycles. The molecule has 4 nitrogen and oxygen atoms in total. The molecule has 1 heterocycles. The summed E-state index contributed by atoms with van der Waals surface area (Å²) < 4.78 is 5.08. The number of benzene rings is 1. The molecular weight excluding hydrogens is 228 g/mol. The molecule has 0 spiro atoms. The summed E-state index contributed by atoms with van der Waals surface area (Å²) in [7, 11) is 1.57. The number of nitrogens with zero attached hydrogens (tertiary/aromatic N) is 1. The monoisotopic (exact) mass is 242 g/mol. The molecule has 2 rings (SSSR count). The number of hydrogen-bond donors (Lipinski definition) is 1. The van der Waals surface area contributed by atoms with E-state index in [1.807, 2.05) is 13.0 Å². The van der Waals surface area contributed by atoms with E-state index in [4.69, 9.17) is 4.74 Å². The zero-order chi connectivity index (χ0) is 13.0. The van der Waals surface area contributed by atoms with Gasteiger partial charge in [0.25, 0.3) is 5.91 Å². The summed E-state index contributed by atoms with van der Waals surface area (Å²) in [5.41, 5.74) is 1.59. The second-order valence-electron chi connectivity index (χ2n) is 3.91. The molecule has 0 fully saturated rings. The van der Waals surface area contributed by atoms with E-state index in [-0.39, 0.29) is 5.91 Å². The molecule has 92 valence electrons. The van der Waals surface area contributed by atoms with Gasteiger partial charge in [-0.2, -0.15) is 0 Å². The summed E-state index contributed by atoms with van der Waals surface area (Å²) in [4.78, 5) is 16.1. The van der Waals surface area contributed by atoms with Crippen LogP contribution in [-0.4, -0.2) is 18.0 Å². The number of ether oxygens (including phenoxy) is 1. The molecule has 0 atom stereocenters. The van der Waals surface area contributed by atoms with Crippen LogP contribution in [0.5, 0.6) is 5.75 Å². The fraction of sp³-hybridized carbons (Fsp3) is 0.143. The second kappa shape index (κ2) is 5.31. The van der Waals surface area contributed by atoms with Gasteiger partial charge in [-0.05, 0) is 36.8 Å². The lowest BCUT2D eigenvalue weighted by molar-refractivity contribution is 0.102. The van der Waals surface area contributed by atoms with Crippen LogP contribution in [0.2, 0.25) is 0 Å². The number of hydrogen-bond acceptors (Lipinski definition) is 3. The highest BCUT2D eigenvalue weighted by Crippen LogP contribution is 2.14. The molecule has 0 aliphatic rings. The number of amides is 1. The van der Waals surface area contributed by atoms with Crippen molar-refractivity contribution in [2.24, 2.45) is 0 Å². The highest BCUT2D eigenvalue weighted by Gasteiger charge is 2.07. The van der Waals surface area contributed by atoms with Crippen molar-refractivity contribution in [3.05, 3.63) is 53.7 Å². The number of aryl methyl sites for hydroxylation is 1. The topological polar surface area (TPSA) is 51.2 Å². The fourth-order valence-electron chi connectivity index (χ4n) is 1.49. The Bertz CT molecular complexity index is 550. The first kappa shape index (κ1) is 12.1. The SMILES string of the molecule is COc1cccc(C(=O)Nc2ccc(C)cn2)c1. The molecule has 4 heteroatoms. The van der Waals surface area contributed by atoms with Crippen LogP contribution in [0.4, 0.5) is 5.82 Å². The maximum atomic E-state index is 12.0. The Morgan fingerprint density at radius 2 is 2.11 bits per heavy atom. The molecule has 0 saturated heterocycles. The van der Waals surface area contributed by atoms with Gasteiger partial charge in [0.1, 0.15) is 11.6 Å². The van der Waals surface area contributed by atoms with Crippen LogP contribution in [0.1, 0.15) is 15.9 Å². The van der Waals surface area contributed by atoms with Crippen molar-refractivity contribution < 1.29 is 9.53 Å². The zero-order valence-corrected chi connectivity index (χ0v) is 10.3. The lowest BCUT2D eigenvalue weighted by atomic mass is 10.2. The normalized spacial score (nSPS) is 9.89. The average Bonchev–Trinajstić information content (AvgIpc) is 2.41. The summed E-state index contributed by atoms with van der Waals surface area (Å²) in [5, 5.41) is 2.73. The third kappa shape index (κ3) is 2.85. The minimum atomic E-state index is -0.203. The van der Waals surface area contributed by atoms with Crippen LogP contribution in [0.3, 0.4) is 0 Å². The van der Waals surface area contributed by atoms with Crippen molar-refractivity contribution in [3.63, 3.8) is 0 Å². The summed E-state index contributed by atoms with van der Waals surface area (Å²) in [6, 6.07) is 10.6. The molecule has 1 aromatic heterocycles. The Balaban J connectivity index is 2.14. The van der Waals surface area contributed by atoms with Gasteiger partial charge in [0.2, 0.25) is 0 Å². The number of carbonyl (C=O) groups is 1. The van der Waals surface area contributed by atoms with Crippen LogP contribution < -0.4 is 10.1 Å². The van der Waals surface area contributed by atoms with Crippen molar-refractivity contribution in [1.82, 2.24) is 4.98 Å². The number of carbonyl (C=O) groups excluding carboxylic acids is 1. The average molecular weight is 242 g/mol. The number of methoxy groups -OCH3 is 1. The smallest absolute Gasteiger partial charge is 0.256 e. The van der Waals surface area contributed by atoms with Gasteiger partial charge in [-0.15, -0.1) is 0 Å². The second-order valence-corrected chi connectivity index (χ2v) is 3.91. The van der Waals surface area contributed by atoms with E-state index in [1.54, 1.807) is 43.6 Å². The molecule has 0 unspecified atom stereocenters. The zero-order valence-electron chi connectivity index (χ0n) is 10.3. The molecule has 0 aliphatic heterocycles. The maximum absolute atomic E-state index is 12.0. The third-order valence-electron chi connectivity index (χ3n) is 2.48. The van der Waals surface area contributed by atoms with Gasteiger partial charge < -0.3 is 10.1 Å². The first-order valence-corrected chi connectivity index (χ1v) is 5.57. The van der Waals surface area contributed by atoms with Crippen molar-refractivity contribution in [2.75, 3.05) is 12.4 Å². The number of pyridine rings is 1. The van der Waals surface area contributed by atoms with Crippen LogP contribution >= 0.6 is 0 Å². The van der Waals surface area contributed by atoms with E-state index in [1.165, 1.54) is 0 Å². The Morgan fingerprint density at radius 3 is 2.78 bits per heavy atom. The Morgan fingerprint density at radius 1 is 1.28 bits per heavy atom. The van der Waals surface area contributed by atoms with Crippen molar-refractivity contribution in [2.45, 2.75) is 6.92 Å². The highest BCUT2D eigenvalue weighted by atomic mass is 16.5. The minimum Gasteiger partial charge on any atom is -0.497 e. The lowest BCUT2D eigenvalue weighted by Gasteiger charge is -2.06. The van der Waals surface area contributed by atoms with Crippen molar-refractivity contribution in [3.8, 4) is 5.75 Å². The summed E-state index contributed by atoms with van der Waals surface area (Å²) in [5.74, 6) is 0.984. The summed E-state index contributed by atoms with van der Waals surface area (Å²) >= 11 is 0. The van der Waals surface area contributed by atoms with Gasteiger partial charge >= 0.3 is 0 Å². The van der Waals surface area contributed by atoms with E-state index < -0.39 is 0 Å².